The summed E-state index contributed by atoms with van der Waals surface area (Å²) in [6.07, 6.45) is 2.08. The zero-order valence-corrected chi connectivity index (χ0v) is 15.5. The molecule has 0 radical (unpaired) electrons. The quantitative estimate of drug-likeness (QED) is 0.531. The molecular formula is C18H18ClFN4O4. The normalized spacial score (nSPS) is 16.6. The molecule has 10 heteroatoms. The molecule has 1 aromatic carbocycles. The Morgan fingerprint density at radius 1 is 1.32 bits per heavy atom. The molecule has 3 rings (SSSR count). The Hall–Kier alpha value is -2.94. The molecule has 2 amide bonds. The lowest BCUT2D eigenvalue weighted by Gasteiger charge is -2.33. The van der Waals surface area contributed by atoms with Crippen molar-refractivity contribution in [3.63, 3.8) is 0 Å². The van der Waals surface area contributed by atoms with E-state index in [0.717, 1.165) is 12.8 Å². The number of halogens is 2. The van der Waals surface area contributed by atoms with E-state index in [1.807, 2.05) is 0 Å². The monoisotopic (exact) mass is 408 g/mol. The number of aromatic nitrogens is 2. The van der Waals surface area contributed by atoms with Crippen LogP contribution >= 0.6 is 11.6 Å². The van der Waals surface area contributed by atoms with Gasteiger partial charge >= 0.3 is 5.37 Å². The van der Waals surface area contributed by atoms with Crippen LogP contribution in [0, 0.1) is 5.82 Å². The van der Waals surface area contributed by atoms with Gasteiger partial charge < -0.3 is 20.3 Å². The Kier molecular flexibility index (Phi) is 5.93. The molecule has 1 fully saturated rings. The average Bonchev–Trinajstić information content (AvgIpc) is 2.69. The number of aromatic amines is 1. The molecule has 0 aliphatic carbocycles. The second kappa shape index (κ2) is 8.39. The highest BCUT2D eigenvalue weighted by Crippen LogP contribution is 2.30. The number of H-pyrrole nitrogens is 1. The second-order valence-corrected chi connectivity index (χ2v) is 6.74. The van der Waals surface area contributed by atoms with E-state index in [1.165, 1.54) is 29.2 Å². The van der Waals surface area contributed by atoms with E-state index >= 15 is 0 Å². The van der Waals surface area contributed by atoms with Gasteiger partial charge in [-0.2, -0.15) is 0 Å². The zero-order valence-electron chi connectivity index (χ0n) is 14.7. The summed E-state index contributed by atoms with van der Waals surface area (Å²) in [5.41, 5.74) is -0.705. The van der Waals surface area contributed by atoms with E-state index in [0.29, 0.717) is 18.5 Å². The molecule has 1 saturated heterocycles. The summed E-state index contributed by atoms with van der Waals surface area (Å²) in [5.74, 6) is -1.91. The summed E-state index contributed by atoms with van der Waals surface area (Å²) >= 11 is 5.62. The summed E-state index contributed by atoms with van der Waals surface area (Å²) in [5, 5.41) is 11.8. The van der Waals surface area contributed by atoms with Gasteiger partial charge in [0, 0.05) is 13.1 Å². The van der Waals surface area contributed by atoms with Crippen LogP contribution < -0.4 is 10.9 Å². The lowest BCUT2D eigenvalue weighted by molar-refractivity contribution is 0.0941. The van der Waals surface area contributed by atoms with Gasteiger partial charge in [-0.25, -0.2) is 9.37 Å². The molecule has 148 valence electrons. The molecule has 1 aliphatic rings. The number of hydrogen-bond donors (Lipinski definition) is 3. The van der Waals surface area contributed by atoms with E-state index in [2.05, 4.69) is 15.3 Å². The highest BCUT2D eigenvalue weighted by Gasteiger charge is 2.30. The number of nitrogens with one attached hydrogen (secondary N) is 2. The molecule has 0 saturated carbocycles. The third kappa shape index (κ3) is 4.30. The fourth-order valence-corrected chi connectivity index (χ4v) is 3.30. The van der Waals surface area contributed by atoms with Crippen molar-refractivity contribution < 1.29 is 19.1 Å². The zero-order chi connectivity index (χ0) is 20.3. The summed E-state index contributed by atoms with van der Waals surface area (Å²) in [6.45, 7) is 0.460. The van der Waals surface area contributed by atoms with Gasteiger partial charge in [-0.3, -0.25) is 14.4 Å². The number of carbonyl (C=O) groups is 2. The largest absolute Gasteiger partial charge is 0.501 e. The second-order valence-electron chi connectivity index (χ2n) is 6.42. The van der Waals surface area contributed by atoms with E-state index < -0.39 is 40.1 Å². The molecule has 28 heavy (non-hydrogen) atoms. The predicted molar refractivity (Wildman–Crippen MR) is 98.6 cm³/mol. The maximum atomic E-state index is 13.0. The Morgan fingerprint density at radius 3 is 2.71 bits per heavy atom. The lowest BCUT2D eigenvalue weighted by Crippen LogP contribution is -2.37. The van der Waals surface area contributed by atoms with Gasteiger partial charge in [-0.15, -0.1) is 0 Å². The fraction of sp³-hybridized carbons (Fsp3) is 0.333. The molecule has 0 spiro atoms. The van der Waals surface area contributed by atoms with E-state index in [4.69, 9.17) is 11.6 Å². The summed E-state index contributed by atoms with van der Waals surface area (Å²) in [4.78, 5) is 44.0. The number of nitrogens with zero attached hydrogens (tertiary/aromatic N) is 2. The molecule has 1 atom stereocenters. The van der Waals surface area contributed by atoms with Crippen molar-refractivity contribution in [2.45, 2.75) is 31.8 Å². The topological polar surface area (TPSA) is 115 Å². The molecule has 1 aromatic heterocycles. The summed E-state index contributed by atoms with van der Waals surface area (Å²) < 4.78 is 13.0. The minimum Gasteiger partial charge on any atom is -0.501 e. The number of likely N-dealkylation sites (tertiary alicyclic amines) is 1. The number of piperidine rings is 1. The van der Waals surface area contributed by atoms with Crippen molar-refractivity contribution in [2.75, 3.05) is 6.54 Å². The van der Waals surface area contributed by atoms with Crippen molar-refractivity contribution in [3.8, 4) is 5.75 Å². The highest BCUT2D eigenvalue weighted by molar-refractivity contribution is 6.62. The van der Waals surface area contributed by atoms with Gasteiger partial charge in [0.25, 0.3) is 11.5 Å². The molecule has 2 aromatic rings. The first-order valence-electron chi connectivity index (χ1n) is 8.68. The maximum absolute atomic E-state index is 13.0. The standard InChI is InChI=1S/C18H18ClFN4O4/c19-18(28)24-8-2-1-3-12(24)15-22-13(14(25)17(27)23-15)16(26)21-9-10-4-6-11(20)7-5-10/h4-7,12,25H,1-3,8-9H2,(H,21,26)(H,22,23,27). The van der Waals surface area contributed by atoms with Crippen molar-refractivity contribution in [1.82, 2.24) is 20.2 Å². The Labute approximate surface area is 164 Å². The Bertz CT molecular complexity index is 948. The van der Waals surface area contributed by atoms with E-state index in [-0.39, 0.29) is 12.4 Å². The van der Waals surface area contributed by atoms with Gasteiger partial charge in [0.15, 0.2) is 5.69 Å². The third-order valence-electron chi connectivity index (χ3n) is 4.54. The molecule has 3 N–H and O–H groups in total. The van der Waals surface area contributed by atoms with Crippen LogP contribution in [0.5, 0.6) is 5.75 Å². The summed E-state index contributed by atoms with van der Waals surface area (Å²) in [6, 6.07) is 4.92. The number of hydrogen-bond acceptors (Lipinski definition) is 5. The smallest absolute Gasteiger partial charge is 0.316 e. The molecule has 1 aliphatic heterocycles. The van der Waals surface area contributed by atoms with Crippen LogP contribution in [0.1, 0.15) is 47.2 Å². The highest BCUT2D eigenvalue weighted by atomic mass is 35.5. The van der Waals surface area contributed by atoms with Gasteiger partial charge in [-0.05, 0) is 48.6 Å². The minimum absolute atomic E-state index is 0.0537. The summed E-state index contributed by atoms with van der Waals surface area (Å²) in [7, 11) is 0. The van der Waals surface area contributed by atoms with Crippen molar-refractivity contribution in [3.05, 3.63) is 57.5 Å². The first kappa shape index (κ1) is 19.8. The van der Waals surface area contributed by atoms with Crippen LogP contribution in [-0.2, 0) is 6.54 Å². The van der Waals surface area contributed by atoms with Crippen molar-refractivity contribution >= 4 is 22.9 Å². The number of rotatable bonds is 4. The van der Waals surface area contributed by atoms with Crippen LogP contribution in [0.3, 0.4) is 0 Å². The maximum Gasteiger partial charge on any atom is 0.316 e. The Morgan fingerprint density at radius 2 is 2.04 bits per heavy atom. The van der Waals surface area contributed by atoms with E-state index in [1.54, 1.807) is 0 Å². The SMILES string of the molecule is O=C(NCc1ccc(F)cc1)c1nc(C2CCCCN2C(=O)Cl)[nH]c(=O)c1O. The molecule has 8 nitrogen and oxygen atoms in total. The molecule has 0 bridgehead atoms. The van der Waals surface area contributed by atoms with Gasteiger partial charge in [0.1, 0.15) is 11.6 Å². The first-order valence-corrected chi connectivity index (χ1v) is 9.06. The van der Waals surface area contributed by atoms with Gasteiger partial charge in [0.2, 0.25) is 5.75 Å². The minimum atomic E-state index is -0.885. The predicted octanol–water partition coefficient (Wildman–Crippen LogP) is 2.43. The van der Waals surface area contributed by atoms with Crippen LogP contribution in [0.2, 0.25) is 0 Å². The van der Waals surface area contributed by atoms with Crippen molar-refractivity contribution in [1.29, 1.82) is 0 Å². The Balaban J connectivity index is 1.84. The third-order valence-corrected chi connectivity index (χ3v) is 4.76. The van der Waals surface area contributed by atoms with Crippen LogP contribution in [0.4, 0.5) is 9.18 Å². The molecular weight excluding hydrogens is 391 g/mol. The number of benzene rings is 1. The van der Waals surface area contributed by atoms with Crippen LogP contribution in [0.25, 0.3) is 0 Å². The first-order chi connectivity index (χ1) is 13.4. The number of amides is 2. The fourth-order valence-electron chi connectivity index (χ4n) is 3.10. The van der Waals surface area contributed by atoms with Crippen LogP contribution in [0.15, 0.2) is 29.1 Å². The van der Waals surface area contributed by atoms with E-state index in [9.17, 15) is 23.9 Å². The number of aromatic hydroxyl groups is 1. The van der Waals surface area contributed by atoms with Gasteiger partial charge in [-0.1, -0.05) is 12.1 Å². The van der Waals surface area contributed by atoms with Gasteiger partial charge in [0.05, 0.1) is 6.04 Å². The number of carbonyl (C=O) groups excluding carboxylic acids is 2. The average molecular weight is 409 g/mol. The molecule has 2 heterocycles. The van der Waals surface area contributed by atoms with Crippen molar-refractivity contribution in [2.24, 2.45) is 0 Å². The van der Waals surface area contributed by atoms with Crippen LogP contribution in [-0.4, -0.2) is 37.8 Å². The molecule has 1 unspecified atom stereocenters. The lowest BCUT2D eigenvalue weighted by atomic mass is 10.0.